The average molecular weight is 491 g/mol. The number of hydrogen-bond donors (Lipinski definition) is 0. The molecule has 0 spiro atoms. The maximum Gasteiger partial charge on any atom is 0.343 e. The van der Waals surface area contributed by atoms with Gasteiger partial charge < -0.3 is 14.2 Å². The summed E-state index contributed by atoms with van der Waals surface area (Å²) in [6.07, 6.45) is 2.83. The molecule has 2 saturated carbocycles. The summed E-state index contributed by atoms with van der Waals surface area (Å²) < 4.78 is 15.5. The third-order valence-electron chi connectivity index (χ3n) is 7.36. The fraction of sp³-hybridized carbons (Fsp3) is 0.370. The van der Waals surface area contributed by atoms with E-state index < -0.39 is 30.9 Å². The smallest absolute Gasteiger partial charge is 0.343 e. The number of ketones is 1. The second-order valence-corrected chi connectivity index (χ2v) is 9.38. The molecule has 0 radical (unpaired) electrons. The van der Waals surface area contributed by atoms with Gasteiger partial charge in [-0.3, -0.25) is 24.1 Å². The topological polar surface area (TPSA) is 116 Å². The van der Waals surface area contributed by atoms with Gasteiger partial charge >= 0.3 is 11.9 Å². The molecule has 1 aliphatic heterocycles. The molecule has 9 heteroatoms. The van der Waals surface area contributed by atoms with Gasteiger partial charge in [-0.1, -0.05) is 6.07 Å². The van der Waals surface area contributed by atoms with E-state index in [2.05, 4.69) is 0 Å². The highest BCUT2D eigenvalue weighted by molar-refractivity contribution is 6.08. The minimum Gasteiger partial charge on any atom is -0.497 e. The van der Waals surface area contributed by atoms with Crippen LogP contribution in [0.4, 0.5) is 0 Å². The molecule has 3 fully saturated rings. The number of amides is 2. The number of nitrogens with zero attached hydrogens (tertiary/aromatic N) is 1. The second kappa shape index (κ2) is 9.56. The molecule has 4 atom stereocenters. The predicted molar refractivity (Wildman–Crippen MR) is 124 cm³/mol. The molecule has 2 aromatic rings. The Morgan fingerprint density at radius 2 is 1.56 bits per heavy atom. The van der Waals surface area contributed by atoms with E-state index in [4.69, 9.17) is 14.2 Å². The molecule has 2 aliphatic carbocycles. The fourth-order valence-corrected chi connectivity index (χ4v) is 5.66. The quantitative estimate of drug-likeness (QED) is 0.240. The lowest BCUT2D eigenvalue weighted by Crippen LogP contribution is -2.38. The van der Waals surface area contributed by atoms with Crippen LogP contribution in [0.25, 0.3) is 0 Å². The minimum absolute atomic E-state index is 0.233. The van der Waals surface area contributed by atoms with Crippen LogP contribution in [-0.2, 0) is 19.1 Å². The highest BCUT2D eigenvalue weighted by Gasteiger charge is 2.61. The normalized spacial score (nSPS) is 24.0. The van der Waals surface area contributed by atoms with E-state index in [1.807, 2.05) is 0 Å². The number of carbonyl (C=O) groups is 5. The molecule has 2 aromatic carbocycles. The van der Waals surface area contributed by atoms with Crippen molar-refractivity contribution < 1.29 is 38.2 Å². The predicted octanol–water partition coefficient (Wildman–Crippen LogP) is 2.67. The minimum atomic E-state index is -0.804. The number of esters is 2. The summed E-state index contributed by atoms with van der Waals surface area (Å²) >= 11 is 0. The number of Topliss-reactive ketones (excluding diaryl/α,β-unsaturated/α-hetero) is 1. The molecule has 3 aliphatic rings. The fourth-order valence-electron chi connectivity index (χ4n) is 5.66. The monoisotopic (exact) mass is 491 g/mol. The number of ether oxygens (including phenoxy) is 3. The Morgan fingerprint density at radius 3 is 2.19 bits per heavy atom. The maximum absolute atomic E-state index is 12.7. The van der Waals surface area contributed by atoms with E-state index in [0.29, 0.717) is 11.3 Å². The first-order chi connectivity index (χ1) is 17.4. The van der Waals surface area contributed by atoms with Gasteiger partial charge in [0, 0.05) is 5.56 Å². The average Bonchev–Trinajstić information content (AvgIpc) is 3.58. The van der Waals surface area contributed by atoms with Gasteiger partial charge in [-0.15, -0.1) is 0 Å². The summed E-state index contributed by atoms with van der Waals surface area (Å²) in [5.41, 5.74) is 0.566. The summed E-state index contributed by atoms with van der Waals surface area (Å²) in [6, 6.07) is 12.3. The number of imide groups is 1. The molecule has 9 nitrogen and oxygen atoms in total. The van der Waals surface area contributed by atoms with Crippen molar-refractivity contribution in [3.8, 4) is 11.5 Å². The van der Waals surface area contributed by atoms with Crippen molar-refractivity contribution in [2.45, 2.75) is 19.3 Å². The van der Waals surface area contributed by atoms with Gasteiger partial charge in [0.05, 0.1) is 24.5 Å². The number of fused-ring (bicyclic) bond motifs is 5. The number of benzene rings is 2. The second-order valence-electron chi connectivity index (χ2n) is 9.38. The van der Waals surface area contributed by atoms with Crippen LogP contribution in [0.2, 0.25) is 0 Å². The Balaban J connectivity index is 1.12. The van der Waals surface area contributed by atoms with Crippen molar-refractivity contribution in [3.63, 3.8) is 0 Å². The van der Waals surface area contributed by atoms with E-state index in [-0.39, 0.29) is 46.8 Å². The molecule has 1 heterocycles. The number of carbonyl (C=O) groups excluding carboxylic acids is 5. The van der Waals surface area contributed by atoms with Crippen molar-refractivity contribution in [1.82, 2.24) is 4.90 Å². The van der Waals surface area contributed by atoms with Crippen molar-refractivity contribution in [1.29, 1.82) is 0 Å². The van der Waals surface area contributed by atoms with Crippen LogP contribution in [-0.4, -0.2) is 54.7 Å². The van der Waals surface area contributed by atoms with Crippen LogP contribution in [0.1, 0.15) is 40.0 Å². The Labute approximate surface area is 207 Å². The number of hydrogen-bond acceptors (Lipinski definition) is 8. The lowest BCUT2D eigenvalue weighted by atomic mass is 9.81. The van der Waals surface area contributed by atoms with Crippen LogP contribution in [0, 0.1) is 23.7 Å². The van der Waals surface area contributed by atoms with Crippen LogP contribution >= 0.6 is 0 Å². The summed E-state index contributed by atoms with van der Waals surface area (Å²) in [7, 11) is 1.50. The van der Waals surface area contributed by atoms with Gasteiger partial charge in [0.1, 0.15) is 18.0 Å². The highest BCUT2D eigenvalue weighted by atomic mass is 16.5. The molecule has 36 heavy (non-hydrogen) atoms. The van der Waals surface area contributed by atoms with Gasteiger partial charge in [0.2, 0.25) is 11.8 Å². The summed E-state index contributed by atoms with van der Waals surface area (Å²) in [4.78, 5) is 63.5. The zero-order chi connectivity index (χ0) is 25.4. The molecule has 5 rings (SSSR count). The number of likely N-dealkylation sites (tertiary alicyclic amines) is 1. The van der Waals surface area contributed by atoms with Gasteiger partial charge in [-0.05, 0) is 73.6 Å². The molecule has 0 aromatic heterocycles. The van der Waals surface area contributed by atoms with Crippen LogP contribution < -0.4 is 9.47 Å². The van der Waals surface area contributed by atoms with Gasteiger partial charge in [-0.2, -0.15) is 0 Å². The molecular formula is C27H25NO8. The Hall–Kier alpha value is -4.01. The van der Waals surface area contributed by atoms with Crippen molar-refractivity contribution in [2.75, 3.05) is 20.3 Å². The zero-order valence-electron chi connectivity index (χ0n) is 19.7. The molecule has 0 unspecified atom stereocenters. The molecule has 2 amide bonds. The van der Waals surface area contributed by atoms with Gasteiger partial charge in [0.15, 0.2) is 12.4 Å². The van der Waals surface area contributed by atoms with E-state index in [0.717, 1.165) is 24.2 Å². The van der Waals surface area contributed by atoms with Crippen molar-refractivity contribution in [2.24, 2.45) is 23.7 Å². The SMILES string of the molecule is COc1cccc(C(=O)Oc2ccc(C(=O)COC(=O)CN3C(=O)[C@@H]4[C@H]5CC[C@@H](C5)[C@H]4C3=O)cc2)c1. The van der Waals surface area contributed by atoms with E-state index in [9.17, 15) is 24.0 Å². The van der Waals surface area contributed by atoms with Gasteiger partial charge in [0.25, 0.3) is 0 Å². The van der Waals surface area contributed by atoms with Crippen LogP contribution in [0.15, 0.2) is 48.5 Å². The van der Waals surface area contributed by atoms with Crippen molar-refractivity contribution >= 4 is 29.5 Å². The summed E-state index contributed by atoms with van der Waals surface area (Å²) in [6.45, 7) is -1.01. The first-order valence-electron chi connectivity index (χ1n) is 11.9. The molecular weight excluding hydrogens is 466 g/mol. The third-order valence-corrected chi connectivity index (χ3v) is 7.36. The first kappa shape index (κ1) is 23.7. The van der Waals surface area contributed by atoms with Crippen LogP contribution in [0.5, 0.6) is 11.5 Å². The largest absolute Gasteiger partial charge is 0.497 e. The van der Waals surface area contributed by atoms with E-state index in [1.54, 1.807) is 24.3 Å². The molecule has 186 valence electrons. The molecule has 2 bridgehead atoms. The maximum atomic E-state index is 12.7. The number of methoxy groups -OCH3 is 1. The Kier molecular flexibility index (Phi) is 6.30. The molecule has 0 N–H and O–H groups in total. The van der Waals surface area contributed by atoms with Crippen LogP contribution in [0.3, 0.4) is 0 Å². The lowest BCUT2D eigenvalue weighted by Gasteiger charge is -2.19. The van der Waals surface area contributed by atoms with Crippen molar-refractivity contribution in [3.05, 3.63) is 59.7 Å². The standard InChI is InChI=1S/C27H25NO8/c1-34-20-4-2-3-18(12-20)27(33)36-19-9-7-15(8-10-19)21(29)14-35-22(30)13-28-25(31)23-16-5-6-17(11-16)24(23)26(28)32/h2-4,7-10,12,16-17,23-24H,5-6,11,13-14H2,1H3/t16-,17-,23+,24+/m0/s1. The first-order valence-corrected chi connectivity index (χ1v) is 11.9. The highest BCUT2D eigenvalue weighted by Crippen LogP contribution is 2.56. The number of rotatable bonds is 8. The lowest BCUT2D eigenvalue weighted by molar-refractivity contribution is -0.152. The molecule has 1 saturated heterocycles. The zero-order valence-corrected chi connectivity index (χ0v) is 19.7. The Morgan fingerprint density at radius 1 is 0.889 bits per heavy atom. The summed E-state index contributed by atoms with van der Waals surface area (Å²) in [5.74, 6) is -1.82. The van der Waals surface area contributed by atoms with E-state index in [1.165, 1.54) is 31.4 Å². The van der Waals surface area contributed by atoms with E-state index >= 15 is 0 Å². The Bertz CT molecular complexity index is 1210. The third kappa shape index (κ3) is 4.36. The van der Waals surface area contributed by atoms with Gasteiger partial charge in [-0.25, -0.2) is 4.79 Å². The summed E-state index contributed by atoms with van der Waals surface area (Å²) in [5, 5.41) is 0.